The first-order chi connectivity index (χ1) is 12.5. The molecule has 26 heavy (non-hydrogen) atoms. The highest BCUT2D eigenvalue weighted by atomic mass is 35.5. The minimum Gasteiger partial charge on any atom is -0.507 e. The van der Waals surface area contributed by atoms with Crippen molar-refractivity contribution < 1.29 is 24.2 Å². The minimum absolute atomic E-state index is 0.0833. The largest absolute Gasteiger partial charge is 0.507 e. The predicted octanol–water partition coefficient (Wildman–Crippen LogP) is 3.19. The number of nitrogens with one attached hydrogen (secondary N) is 1. The van der Waals surface area contributed by atoms with E-state index in [1.807, 2.05) is 0 Å². The number of aromatic hydroxyl groups is 1. The Bertz CT molecular complexity index is 869. The summed E-state index contributed by atoms with van der Waals surface area (Å²) in [6, 6.07) is 9.87. The molecule has 1 amide bonds. The van der Waals surface area contributed by atoms with Crippen LogP contribution in [0.25, 0.3) is 0 Å². The van der Waals surface area contributed by atoms with Crippen LogP contribution in [0, 0.1) is 0 Å². The lowest BCUT2D eigenvalue weighted by Gasteiger charge is -2.14. The third-order valence-corrected chi connectivity index (χ3v) is 4.20. The van der Waals surface area contributed by atoms with Gasteiger partial charge < -0.3 is 24.7 Å². The highest BCUT2D eigenvalue weighted by Crippen LogP contribution is 2.36. The molecule has 0 saturated carbocycles. The van der Waals surface area contributed by atoms with E-state index < -0.39 is 12.0 Å². The van der Waals surface area contributed by atoms with Crippen LogP contribution >= 0.6 is 11.6 Å². The van der Waals surface area contributed by atoms with Crippen molar-refractivity contribution in [1.29, 1.82) is 0 Å². The number of carbonyl (C=O) groups excluding carboxylic acids is 1. The number of amides is 1. The van der Waals surface area contributed by atoms with E-state index >= 15 is 0 Å². The van der Waals surface area contributed by atoms with Gasteiger partial charge in [0.1, 0.15) is 17.2 Å². The van der Waals surface area contributed by atoms with Crippen molar-refractivity contribution in [1.82, 2.24) is 0 Å². The molecule has 0 aliphatic carbocycles. The van der Waals surface area contributed by atoms with Gasteiger partial charge in [0.15, 0.2) is 0 Å². The van der Waals surface area contributed by atoms with Gasteiger partial charge in [-0.05, 0) is 12.1 Å². The molecular formula is C18H17ClN2O5. The molecule has 1 heterocycles. The third-order valence-electron chi connectivity index (χ3n) is 3.91. The van der Waals surface area contributed by atoms with Crippen LogP contribution in [-0.4, -0.2) is 37.0 Å². The summed E-state index contributed by atoms with van der Waals surface area (Å²) >= 11 is 6.06. The molecule has 8 heteroatoms. The number of phenolic OH excluding ortho intramolecular Hbond substituents is 1. The topological polar surface area (TPSA) is 89.4 Å². The van der Waals surface area contributed by atoms with Crippen LogP contribution in [-0.2, 0) is 9.63 Å². The van der Waals surface area contributed by atoms with Crippen molar-refractivity contribution in [2.75, 3.05) is 19.5 Å². The summed E-state index contributed by atoms with van der Waals surface area (Å²) in [5.41, 5.74) is 1.44. The first-order valence-electron chi connectivity index (χ1n) is 7.77. The smallest absolute Gasteiger partial charge is 0.268 e. The Morgan fingerprint density at radius 1 is 1.27 bits per heavy atom. The van der Waals surface area contributed by atoms with Crippen molar-refractivity contribution in [3.8, 4) is 17.2 Å². The van der Waals surface area contributed by atoms with Gasteiger partial charge in [0.05, 0.1) is 30.6 Å². The third kappa shape index (κ3) is 3.52. The maximum Gasteiger partial charge on any atom is 0.268 e. The number of phenols is 1. The monoisotopic (exact) mass is 376 g/mol. The zero-order chi connectivity index (χ0) is 18.7. The van der Waals surface area contributed by atoms with E-state index in [2.05, 4.69) is 10.5 Å². The van der Waals surface area contributed by atoms with Crippen molar-refractivity contribution in [2.24, 2.45) is 5.16 Å². The Morgan fingerprint density at radius 3 is 2.69 bits per heavy atom. The van der Waals surface area contributed by atoms with Crippen LogP contribution in [0.15, 0.2) is 41.6 Å². The van der Waals surface area contributed by atoms with E-state index in [4.69, 9.17) is 25.9 Å². The van der Waals surface area contributed by atoms with Gasteiger partial charge in [0.2, 0.25) is 6.10 Å². The van der Waals surface area contributed by atoms with Gasteiger partial charge >= 0.3 is 0 Å². The van der Waals surface area contributed by atoms with Gasteiger partial charge in [-0.15, -0.1) is 0 Å². The van der Waals surface area contributed by atoms with Gasteiger partial charge in [0, 0.05) is 24.1 Å². The first-order valence-corrected chi connectivity index (χ1v) is 8.14. The van der Waals surface area contributed by atoms with Crippen LogP contribution in [0.5, 0.6) is 17.2 Å². The van der Waals surface area contributed by atoms with Gasteiger partial charge in [-0.1, -0.05) is 28.9 Å². The molecule has 1 atom stereocenters. The number of ether oxygens (including phenoxy) is 2. The molecule has 0 spiro atoms. The molecule has 2 aromatic carbocycles. The summed E-state index contributed by atoms with van der Waals surface area (Å²) in [7, 11) is 2.95. The molecule has 0 fully saturated rings. The average Bonchev–Trinajstić information content (AvgIpc) is 3.13. The molecule has 1 unspecified atom stereocenters. The van der Waals surface area contributed by atoms with Crippen LogP contribution in [0.1, 0.15) is 12.0 Å². The molecule has 2 aromatic rings. The number of methoxy groups -OCH3 is 2. The van der Waals surface area contributed by atoms with Crippen molar-refractivity contribution in [3.63, 3.8) is 0 Å². The number of hydrogen-bond donors (Lipinski definition) is 2. The normalized spacial score (nSPS) is 15.8. The number of para-hydroxylation sites is 1. The predicted molar refractivity (Wildman–Crippen MR) is 97.3 cm³/mol. The van der Waals surface area contributed by atoms with Gasteiger partial charge in [-0.3, -0.25) is 4.79 Å². The van der Waals surface area contributed by atoms with Gasteiger partial charge in [-0.25, -0.2) is 0 Å². The van der Waals surface area contributed by atoms with E-state index in [1.165, 1.54) is 14.2 Å². The van der Waals surface area contributed by atoms with Crippen molar-refractivity contribution in [3.05, 3.63) is 47.0 Å². The Morgan fingerprint density at radius 2 is 2.00 bits per heavy atom. The van der Waals surface area contributed by atoms with Crippen LogP contribution in [0.4, 0.5) is 5.69 Å². The van der Waals surface area contributed by atoms with E-state index in [1.54, 1.807) is 36.4 Å². The molecule has 1 aliphatic rings. The van der Waals surface area contributed by atoms with Crippen molar-refractivity contribution >= 4 is 28.9 Å². The van der Waals surface area contributed by atoms with Crippen LogP contribution in [0.2, 0.25) is 5.02 Å². The fourth-order valence-corrected chi connectivity index (χ4v) is 2.80. The summed E-state index contributed by atoms with van der Waals surface area (Å²) in [6.45, 7) is 0. The van der Waals surface area contributed by atoms with E-state index in [-0.39, 0.29) is 12.2 Å². The molecular weight excluding hydrogens is 360 g/mol. The number of benzene rings is 2. The van der Waals surface area contributed by atoms with Crippen LogP contribution < -0.4 is 14.8 Å². The van der Waals surface area contributed by atoms with Gasteiger partial charge in [0.25, 0.3) is 5.91 Å². The summed E-state index contributed by atoms with van der Waals surface area (Å²) in [5, 5.41) is 16.9. The van der Waals surface area contributed by atoms with Crippen LogP contribution in [0.3, 0.4) is 0 Å². The maximum atomic E-state index is 12.5. The quantitative estimate of drug-likeness (QED) is 0.836. The zero-order valence-corrected chi connectivity index (χ0v) is 14.9. The Kier molecular flexibility index (Phi) is 5.18. The maximum absolute atomic E-state index is 12.5. The summed E-state index contributed by atoms with van der Waals surface area (Å²) in [4.78, 5) is 17.8. The summed E-state index contributed by atoms with van der Waals surface area (Å²) in [5.74, 6) is 0.479. The highest BCUT2D eigenvalue weighted by Gasteiger charge is 2.30. The van der Waals surface area contributed by atoms with Crippen molar-refractivity contribution in [2.45, 2.75) is 12.5 Å². The summed E-state index contributed by atoms with van der Waals surface area (Å²) in [6.07, 6.45) is -0.591. The number of anilines is 1. The lowest BCUT2D eigenvalue weighted by molar-refractivity contribution is -0.125. The number of rotatable bonds is 5. The Hall–Kier alpha value is -2.93. The molecule has 0 aromatic heterocycles. The molecule has 3 rings (SSSR count). The molecule has 2 N–H and O–H groups in total. The number of carbonyl (C=O) groups is 1. The number of nitrogens with zero attached hydrogens (tertiary/aromatic N) is 1. The molecule has 0 bridgehead atoms. The lowest BCUT2D eigenvalue weighted by Crippen LogP contribution is -2.28. The molecule has 7 nitrogen and oxygen atoms in total. The standard InChI is InChI=1S/C18H17ClN2O5/c1-24-15-9-13(16(25-2)7-11(15)19)20-18(23)17-8-12(21-26-17)10-5-3-4-6-14(10)22/h3-7,9,17,22H,8H2,1-2H3,(H,20,23). The zero-order valence-electron chi connectivity index (χ0n) is 14.2. The Balaban J connectivity index is 1.73. The van der Waals surface area contributed by atoms with Gasteiger partial charge in [-0.2, -0.15) is 0 Å². The lowest BCUT2D eigenvalue weighted by atomic mass is 10.0. The summed E-state index contributed by atoms with van der Waals surface area (Å²) < 4.78 is 10.4. The number of halogens is 1. The second-order valence-corrected chi connectivity index (χ2v) is 5.94. The van der Waals surface area contributed by atoms with E-state index in [9.17, 15) is 9.90 Å². The van der Waals surface area contributed by atoms with E-state index in [0.717, 1.165) is 0 Å². The fraction of sp³-hybridized carbons (Fsp3) is 0.222. The molecule has 0 saturated heterocycles. The number of oxime groups is 1. The number of hydrogen-bond acceptors (Lipinski definition) is 6. The highest BCUT2D eigenvalue weighted by molar-refractivity contribution is 6.32. The minimum atomic E-state index is -0.823. The molecule has 1 aliphatic heterocycles. The average molecular weight is 377 g/mol. The molecule has 136 valence electrons. The molecule has 0 radical (unpaired) electrons. The SMILES string of the molecule is COc1cc(NC(=O)C2CC(c3ccccc3O)=NO2)c(OC)cc1Cl. The second-order valence-electron chi connectivity index (χ2n) is 5.53. The van der Waals surface area contributed by atoms with E-state index in [0.29, 0.717) is 33.5 Å². The Labute approximate surface area is 155 Å². The first kappa shape index (κ1) is 17.9. The fourth-order valence-electron chi connectivity index (χ4n) is 2.57. The second kappa shape index (κ2) is 7.53.